The van der Waals surface area contributed by atoms with E-state index in [9.17, 15) is 0 Å². The molecule has 106 valence electrons. The zero-order valence-corrected chi connectivity index (χ0v) is 11.8. The van der Waals surface area contributed by atoms with E-state index in [1.54, 1.807) is 0 Å². The number of benzene rings is 2. The van der Waals surface area contributed by atoms with Crippen LogP contribution in [0.25, 0.3) is 0 Å². The molecule has 0 amide bonds. The van der Waals surface area contributed by atoms with Gasteiger partial charge in [0.2, 0.25) is 0 Å². The number of amidine groups is 1. The van der Waals surface area contributed by atoms with Gasteiger partial charge in [-0.3, -0.25) is 0 Å². The van der Waals surface area contributed by atoms with E-state index in [4.69, 9.17) is 17.4 Å². The van der Waals surface area contributed by atoms with Gasteiger partial charge < -0.3 is 16.3 Å². The average Bonchev–Trinajstić information content (AvgIpc) is 2.53. The van der Waals surface area contributed by atoms with Crippen molar-refractivity contribution in [2.75, 3.05) is 5.32 Å². The van der Waals surface area contributed by atoms with Crippen LogP contribution in [0.1, 0.15) is 22.3 Å². The first-order valence-corrected chi connectivity index (χ1v) is 6.52. The summed E-state index contributed by atoms with van der Waals surface area (Å²) >= 11 is 0. The molecule has 0 saturated carbocycles. The Morgan fingerprint density at radius 1 is 1.33 bits per heavy atom. The van der Waals surface area contributed by atoms with E-state index in [2.05, 4.69) is 16.4 Å². The van der Waals surface area contributed by atoms with Crippen molar-refractivity contribution in [1.29, 1.82) is 0 Å². The molecule has 0 radical (unpaired) electrons. The molecule has 0 saturated heterocycles. The largest absolute Gasteiger partial charge is 0.409 e. The van der Waals surface area contributed by atoms with Crippen LogP contribution in [0.15, 0.2) is 47.6 Å². The molecule has 0 aromatic heterocycles. The molecule has 0 atom stereocenters. The van der Waals surface area contributed by atoms with Crippen molar-refractivity contribution in [2.24, 2.45) is 10.9 Å². The summed E-state index contributed by atoms with van der Waals surface area (Å²) in [4.78, 5) is 0. The van der Waals surface area contributed by atoms with Crippen molar-refractivity contribution < 1.29 is 5.21 Å². The second-order valence-electron chi connectivity index (χ2n) is 4.71. The number of nitrogens with one attached hydrogen (secondary N) is 1. The zero-order valence-electron chi connectivity index (χ0n) is 11.8. The van der Waals surface area contributed by atoms with Gasteiger partial charge in [-0.25, -0.2) is 0 Å². The molecule has 0 aliphatic heterocycles. The van der Waals surface area contributed by atoms with Gasteiger partial charge in [0.25, 0.3) is 0 Å². The SMILES string of the molecule is C#Cc1cccc(NCc2ccc(/C(N)=N/O)cc2C)c1. The van der Waals surface area contributed by atoms with Gasteiger partial charge in [-0.2, -0.15) is 0 Å². The Morgan fingerprint density at radius 3 is 2.81 bits per heavy atom. The smallest absolute Gasteiger partial charge is 0.170 e. The summed E-state index contributed by atoms with van der Waals surface area (Å²) in [5.74, 6) is 2.72. The van der Waals surface area contributed by atoms with Crippen LogP contribution in [0.5, 0.6) is 0 Å². The highest BCUT2D eigenvalue weighted by Gasteiger charge is 2.04. The number of oxime groups is 1. The fourth-order valence-electron chi connectivity index (χ4n) is 2.03. The fraction of sp³-hybridized carbons (Fsp3) is 0.118. The number of aryl methyl sites for hydroxylation is 1. The molecule has 21 heavy (non-hydrogen) atoms. The predicted molar refractivity (Wildman–Crippen MR) is 85.4 cm³/mol. The minimum atomic E-state index is 0.110. The summed E-state index contributed by atoms with van der Waals surface area (Å²) in [6.45, 7) is 2.67. The first-order chi connectivity index (χ1) is 10.1. The summed E-state index contributed by atoms with van der Waals surface area (Å²) in [6, 6.07) is 13.4. The van der Waals surface area contributed by atoms with Gasteiger partial charge in [0.05, 0.1) is 0 Å². The molecular weight excluding hydrogens is 262 g/mol. The van der Waals surface area contributed by atoms with Crippen molar-refractivity contribution in [3.63, 3.8) is 0 Å². The summed E-state index contributed by atoms with van der Waals surface area (Å²) in [7, 11) is 0. The van der Waals surface area contributed by atoms with Gasteiger partial charge in [0.1, 0.15) is 0 Å². The Labute approximate surface area is 124 Å². The topological polar surface area (TPSA) is 70.6 Å². The van der Waals surface area contributed by atoms with Crippen LogP contribution in [0.4, 0.5) is 5.69 Å². The van der Waals surface area contributed by atoms with E-state index in [1.165, 1.54) is 0 Å². The molecule has 0 fully saturated rings. The lowest BCUT2D eigenvalue weighted by Crippen LogP contribution is -2.13. The number of hydrogen-bond donors (Lipinski definition) is 3. The number of anilines is 1. The van der Waals surface area contributed by atoms with E-state index in [0.29, 0.717) is 12.1 Å². The van der Waals surface area contributed by atoms with E-state index in [-0.39, 0.29) is 5.84 Å². The maximum atomic E-state index is 8.68. The third kappa shape index (κ3) is 3.54. The molecule has 4 nitrogen and oxygen atoms in total. The molecule has 2 aromatic rings. The zero-order chi connectivity index (χ0) is 15.2. The van der Waals surface area contributed by atoms with Crippen LogP contribution in [-0.4, -0.2) is 11.0 Å². The van der Waals surface area contributed by atoms with Crippen molar-refractivity contribution in [1.82, 2.24) is 0 Å². The van der Waals surface area contributed by atoms with Crippen molar-refractivity contribution in [2.45, 2.75) is 13.5 Å². The number of rotatable bonds is 4. The van der Waals surface area contributed by atoms with Gasteiger partial charge >= 0.3 is 0 Å². The molecule has 0 unspecified atom stereocenters. The van der Waals surface area contributed by atoms with E-state index < -0.39 is 0 Å². The summed E-state index contributed by atoms with van der Waals surface area (Å²) in [5, 5.41) is 15.0. The van der Waals surface area contributed by atoms with Crippen LogP contribution >= 0.6 is 0 Å². The number of hydrogen-bond acceptors (Lipinski definition) is 3. The lowest BCUT2D eigenvalue weighted by molar-refractivity contribution is 0.318. The van der Waals surface area contributed by atoms with Crippen LogP contribution < -0.4 is 11.1 Å². The Hall–Kier alpha value is -2.93. The van der Waals surface area contributed by atoms with Gasteiger partial charge in [-0.05, 0) is 42.3 Å². The average molecular weight is 279 g/mol. The minimum absolute atomic E-state index is 0.110. The standard InChI is InChI=1S/C17H17N3O/c1-3-13-5-4-6-16(10-13)19-11-15-8-7-14(9-12(15)2)17(18)20-21/h1,4-10,19,21H,11H2,2H3,(H2,18,20). The molecule has 2 rings (SSSR count). The van der Waals surface area contributed by atoms with E-state index >= 15 is 0 Å². The Balaban J connectivity index is 2.12. The monoisotopic (exact) mass is 279 g/mol. The normalized spacial score (nSPS) is 11.0. The fourth-order valence-corrected chi connectivity index (χ4v) is 2.03. The summed E-state index contributed by atoms with van der Waals surface area (Å²) < 4.78 is 0. The lowest BCUT2D eigenvalue weighted by Gasteiger charge is -2.11. The number of terminal acetylenes is 1. The minimum Gasteiger partial charge on any atom is -0.409 e. The Bertz CT molecular complexity index is 714. The number of nitrogens with zero attached hydrogens (tertiary/aromatic N) is 1. The molecule has 0 aliphatic carbocycles. The molecule has 0 bridgehead atoms. The highest BCUT2D eigenvalue weighted by molar-refractivity contribution is 5.97. The van der Waals surface area contributed by atoms with E-state index in [0.717, 1.165) is 22.4 Å². The molecule has 4 heteroatoms. The Kier molecular flexibility index (Phi) is 4.47. The van der Waals surface area contributed by atoms with Crippen molar-refractivity contribution >= 4 is 11.5 Å². The Morgan fingerprint density at radius 2 is 2.14 bits per heavy atom. The van der Waals surface area contributed by atoms with Gasteiger partial charge in [0.15, 0.2) is 5.84 Å². The maximum Gasteiger partial charge on any atom is 0.170 e. The first kappa shape index (κ1) is 14.5. The quantitative estimate of drug-likeness (QED) is 0.265. The first-order valence-electron chi connectivity index (χ1n) is 6.52. The molecule has 4 N–H and O–H groups in total. The van der Waals surface area contributed by atoms with Gasteiger partial charge in [0, 0.05) is 23.4 Å². The van der Waals surface area contributed by atoms with Crippen LogP contribution in [0.2, 0.25) is 0 Å². The van der Waals surface area contributed by atoms with Crippen LogP contribution in [-0.2, 0) is 6.54 Å². The molecular formula is C17H17N3O. The molecule has 0 spiro atoms. The maximum absolute atomic E-state index is 8.68. The highest BCUT2D eigenvalue weighted by atomic mass is 16.4. The van der Waals surface area contributed by atoms with Gasteiger partial charge in [-0.1, -0.05) is 29.3 Å². The third-order valence-corrected chi connectivity index (χ3v) is 3.26. The second-order valence-corrected chi connectivity index (χ2v) is 4.71. The van der Waals surface area contributed by atoms with Crippen molar-refractivity contribution in [3.05, 3.63) is 64.7 Å². The third-order valence-electron chi connectivity index (χ3n) is 3.26. The lowest BCUT2D eigenvalue weighted by atomic mass is 10.0. The van der Waals surface area contributed by atoms with Crippen LogP contribution in [0, 0.1) is 19.3 Å². The van der Waals surface area contributed by atoms with Crippen LogP contribution in [0.3, 0.4) is 0 Å². The molecule has 2 aromatic carbocycles. The number of nitrogens with two attached hydrogens (primary N) is 1. The molecule has 0 aliphatic rings. The summed E-state index contributed by atoms with van der Waals surface area (Å²) in [5.41, 5.74) is 10.3. The highest BCUT2D eigenvalue weighted by Crippen LogP contribution is 2.15. The predicted octanol–water partition coefficient (Wildman–Crippen LogP) is 2.68. The molecule has 0 heterocycles. The van der Waals surface area contributed by atoms with Crippen molar-refractivity contribution in [3.8, 4) is 12.3 Å². The van der Waals surface area contributed by atoms with Gasteiger partial charge in [-0.15, -0.1) is 6.42 Å². The van der Waals surface area contributed by atoms with E-state index in [1.807, 2.05) is 49.4 Å². The summed E-state index contributed by atoms with van der Waals surface area (Å²) in [6.07, 6.45) is 5.39. The second kappa shape index (κ2) is 6.49.